The number of piperazine rings is 1. The summed E-state index contributed by atoms with van der Waals surface area (Å²) in [4.78, 5) is 35.8. The number of rotatable bonds is 5. The molecule has 156 valence electrons. The molecule has 0 spiro atoms. The standard InChI is InChI=1S/C21H25N7O2/c1-3-13-11-28-19(24-20(13)29)8-14(25-28)12-26-6-7-27(18-9-17(18)26)15-4-5-16(23-10-15)21(30)22-2/h4-5,8,10-11,17-18H,3,6-7,9,12H2,1-2H3,(H,22,30)(H,24,29). The number of nitrogens with one attached hydrogen (secondary N) is 2. The van der Waals surface area contributed by atoms with Crippen LogP contribution in [0.15, 0.2) is 35.4 Å². The number of pyridine rings is 1. The lowest BCUT2D eigenvalue weighted by Crippen LogP contribution is -2.46. The number of anilines is 1. The van der Waals surface area contributed by atoms with E-state index in [0.29, 0.717) is 24.2 Å². The Morgan fingerprint density at radius 3 is 2.90 bits per heavy atom. The first kappa shape index (κ1) is 18.8. The fourth-order valence-corrected chi connectivity index (χ4v) is 4.38. The molecule has 2 aliphatic rings. The molecule has 3 aromatic heterocycles. The third kappa shape index (κ3) is 3.24. The normalized spacial score (nSPS) is 20.9. The van der Waals surface area contributed by atoms with Crippen molar-refractivity contribution in [3.05, 3.63) is 57.9 Å². The third-order valence-electron chi connectivity index (χ3n) is 6.10. The van der Waals surface area contributed by atoms with Crippen molar-refractivity contribution < 1.29 is 4.79 Å². The third-order valence-corrected chi connectivity index (χ3v) is 6.10. The number of hydrogen-bond acceptors (Lipinski definition) is 6. The van der Waals surface area contributed by atoms with Gasteiger partial charge in [0.1, 0.15) is 11.3 Å². The molecule has 0 radical (unpaired) electrons. The highest BCUT2D eigenvalue weighted by Crippen LogP contribution is 2.39. The van der Waals surface area contributed by atoms with Crippen LogP contribution >= 0.6 is 0 Å². The van der Waals surface area contributed by atoms with Crippen LogP contribution in [-0.4, -0.2) is 62.6 Å². The van der Waals surface area contributed by atoms with Crippen molar-refractivity contribution in [1.82, 2.24) is 29.8 Å². The summed E-state index contributed by atoms with van der Waals surface area (Å²) in [7, 11) is 1.61. The van der Waals surface area contributed by atoms with E-state index in [9.17, 15) is 9.59 Å². The van der Waals surface area contributed by atoms with Gasteiger partial charge in [0, 0.05) is 56.6 Å². The summed E-state index contributed by atoms with van der Waals surface area (Å²) < 4.78 is 1.77. The molecule has 2 atom stereocenters. The Balaban J connectivity index is 1.27. The van der Waals surface area contributed by atoms with Crippen LogP contribution < -0.4 is 15.8 Å². The molecule has 4 heterocycles. The maximum absolute atomic E-state index is 12.0. The highest BCUT2D eigenvalue weighted by Gasteiger charge is 2.49. The molecule has 1 aliphatic heterocycles. The van der Waals surface area contributed by atoms with Crippen LogP contribution in [0.4, 0.5) is 5.69 Å². The average Bonchev–Trinajstić information content (AvgIpc) is 3.48. The number of aryl methyl sites for hydroxylation is 1. The van der Waals surface area contributed by atoms with Gasteiger partial charge in [0.15, 0.2) is 0 Å². The van der Waals surface area contributed by atoms with E-state index in [1.54, 1.807) is 23.8 Å². The van der Waals surface area contributed by atoms with Gasteiger partial charge in [-0.2, -0.15) is 5.10 Å². The molecule has 3 aromatic rings. The van der Waals surface area contributed by atoms with Gasteiger partial charge in [-0.25, -0.2) is 9.50 Å². The molecule has 1 saturated carbocycles. The fraction of sp³-hybridized carbons (Fsp3) is 0.429. The van der Waals surface area contributed by atoms with Crippen LogP contribution in [0.3, 0.4) is 0 Å². The van der Waals surface area contributed by atoms with Crippen LogP contribution in [-0.2, 0) is 13.0 Å². The van der Waals surface area contributed by atoms with E-state index < -0.39 is 0 Å². The van der Waals surface area contributed by atoms with Crippen LogP contribution in [0.1, 0.15) is 35.1 Å². The van der Waals surface area contributed by atoms with Crippen molar-refractivity contribution >= 4 is 17.2 Å². The molecule has 0 bridgehead atoms. The van der Waals surface area contributed by atoms with Gasteiger partial charge in [-0.15, -0.1) is 0 Å². The van der Waals surface area contributed by atoms with E-state index in [-0.39, 0.29) is 11.5 Å². The minimum atomic E-state index is -0.171. The van der Waals surface area contributed by atoms with E-state index in [2.05, 4.69) is 30.2 Å². The summed E-state index contributed by atoms with van der Waals surface area (Å²) >= 11 is 0. The van der Waals surface area contributed by atoms with E-state index in [1.165, 1.54) is 0 Å². The van der Waals surface area contributed by atoms with Crippen LogP contribution in [0.2, 0.25) is 0 Å². The Kier molecular flexibility index (Phi) is 4.54. The minimum Gasteiger partial charge on any atom is -0.364 e. The van der Waals surface area contributed by atoms with Gasteiger partial charge < -0.3 is 15.2 Å². The minimum absolute atomic E-state index is 0.0385. The molecular formula is C21H25N7O2. The molecule has 9 heteroatoms. The number of amides is 1. The maximum Gasteiger partial charge on any atom is 0.269 e. The Labute approximate surface area is 173 Å². The maximum atomic E-state index is 12.0. The summed E-state index contributed by atoms with van der Waals surface area (Å²) in [6, 6.07) is 6.68. The second kappa shape index (κ2) is 7.24. The van der Waals surface area contributed by atoms with Gasteiger partial charge in [-0.3, -0.25) is 14.5 Å². The molecule has 2 N–H and O–H groups in total. The number of fused-ring (bicyclic) bond motifs is 2. The SMILES string of the molecule is CCc1cn2nc(CN3CCN(c4ccc(C(=O)NC)nc4)C4CC43)cc2[nH]c1=O. The number of aromatic amines is 1. The van der Waals surface area contributed by atoms with Crippen molar-refractivity contribution in [2.45, 2.75) is 38.4 Å². The molecule has 1 amide bonds. The summed E-state index contributed by atoms with van der Waals surface area (Å²) in [5.74, 6) is -0.171. The molecule has 1 saturated heterocycles. The lowest BCUT2D eigenvalue weighted by Gasteiger charge is -2.35. The molecule has 0 aromatic carbocycles. The first-order valence-corrected chi connectivity index (χ1v) is 10.4. The molecule has 30 heavy (non-hydrogen) atoms. The number of carbonyl (C=O) groups is 1. The second-order valence-electron chi connectivity index (χ2n) is 7.94. The summed E-state index contributed by atoms with van der Waals surface area (Å²) in [5, 5.41) is 7.26. The zero-order chi connectivity index (χ0) is 20.8. The van der Waals surface area contributed by atoms with Crippen molar-refractivity contribution in [2.75, 3.05) is 25.0 Å². The topological polar surface area (TPSA) is 98.6 Å². The molecule has 2 fully saturated rings. The largest absolute Gasteiger partial charge is 0.364 e. The zero-order valence-corrected chi connectivity index (χ0v) is 17.1. The number of carbonyl (C=O) groups excluding carboxylic acids is 1. The summed E-state index contributed by atoms with van der Waals surface area (Å²) in [6.45, 7) is 4.58. The van der Waals surface area contributed by atoms with Crippen LogP contribution in [0, 0.1) is 0 Å². The number of aromatic nitrogens is 4. The molecule has 2 unspecified atom stereocenters. The smallest absolute Gasteiger partial charge is 0.269 e. The molecular weight excluding hydrogens is 382 g/mol. The lowest BCUT2D eigenvalue weighted by molar-refractivity contribution is 0.0958. The first-order chi connectivity index (χ1) is 14.6. The van der Waals surface area contributed by atoms with Crippen LogP contribution in [0.25, 0.3) is 5.65 Å². The van der Waals surface area contributed by atoms with E-state index >= 15 is 0 Å². The van der Waals surface area contributed by atoms with Gasteiger partial charge in [-0.05, 0) is 25.0 Å². The highest BCUT2D eigenvalue weighted by molar-refractivity contribution is 5.92. The van der Waals surface area contributed by atoms with Crippen molar-refractivity contribution in [2.24, 2.45) is 0 Å². The average molecular weight is 407 g/mol. The zero-order valence-electron chi connectivity index (χ0n) is 17.1. The fourth-order valence-electron chi connectivity index (χ4n) is 4.38. The van der Waals surface area contributed by atoms with Gasteiger partial charge in [0.2, 0.25) is 0 Å². The quantitative estimate of drug-likeness (QED) is 0.649. The van der Waals surface area contributed by atoms with E-state index in [0.717, 1.165) is 48.6 Å². The molecule has 5 rings (SSSR count). The van der Waals surface area contributed by atoms with Crippen molar-refractivity contribution in [3.8, 4) is 0 Å². The summed E-state index contributed by atoms with van der Waals surface area (Å²) in [6.07, 6.45) is 5.41. The Morgan fingerprint density at radius 1 is 1.30 bits per heavy atom. The van der Waals surface area contributed by atoms with E-state index in [1.807, 2.05) is 25.3 Å². The van der Waals surface area contributed by atoms with Crippen molar-refractivity contribution in [3.63, 3.8) is 0 Å². The van der Waals surface area contributed by atoms with E-state index in [4.69, 9.17) is 0 Å². The predicted octanol–water partition coefficient (Wildman–Crippen LogP) is 0.803. The Hall–Kier alpha value is -3.20. The molecule has 9 nitrogen and oxygen atoms in total. The lowest BCUT2D eigenvalue weighted by atomic mass is 10.2. The molecule has 1 aliphatic carbocycles. The Bertz CT molecular complexity index is 1150. The predicted molar refractivity (Wildman–Crippen MR) is 113 cm³/mol. The number of nitrogens with zero attached hydrogens (tertiary/aromatic N) is 5. The van der Waals surface area contributed by atoms with Gasteiger partial charge in [0.05, 0.1) is 17.6 Å². The van der Waals surface area contributed by atoms with Gasteiger partial charge >= 0.3 is 0 Å². The monoisotopic (exact) mass is 407 g/mol. The Morgan fingerprint density at radius 2 is 2.17 bits per heavy atom. The van der Waals surface area contributed by atoms with Gasteiger partial charge in [-0.1, -0.05) is 6.92 Å². The number of H-pyrrole nitrogens is 1. The second-order valence-corrected chi connectivity index (χ2v) is 7.94. The van der Waals surface area contributed by atoms with Crippen molar-refractivity contribution in [1.29, 1.82) is 0 Å². The summed E-state index contributed by atoms with van der Waals surface area (Å²) in [5.41, 5.74) is 3.90. The number of hydrogen-bond donors (Lipinski definition) is 2. The highest BCUT2D eigenvalue weighted by atomic mass is 16.1. The van der Waals surface area contributed by atoms with Crippen LogP contribution in [0.5, 0.6) is 0 Å². The first-order valence-electron chi connectivity index (χ1n) is 10.4. The van der Waals surface area contributed by atoms with Gasteiger partial charge in [0.25, 0.3) is 11.5 Å².